The number of carbonyl (C=O) groups is 1. The van der Waals surface area contributed by atoms with Crippen molar-refractivity contribution in [2.45, 2.75) is 6.17 Å². The molecular weight excluding hydrogens is 320 g/mol. The number of hydrogen-bond acceptors (Lipinski definition) is 4. The Bertz CT molecular complexity index is 817. The van der Waals surface area contributed by atoms with Crippen LogP contribution in [0.1, 0.15) is 5.56 Å². The number of carbonyl (C=O) groups excluding carboxylic acids is 1. The zero-order valence-electron chi connectivity index (χ0n) is 12.6. The van der Waals surface area contributed by atoms with Crippen molar-refractivity contribution < 1.29 is 18.5 Å². The number of nitro benzene ring substituents is 1. The molecule has 24 heavy (non-hydrogen) atoms. The predicted octanol–water partition coefficient (Wildman–Crippen LogP) is 2.74. The molecule has 0 spiro atoms. The first-order chi connectivity index (χ1) is 11.4. The Hall–Kier alpha value is -2.90. The Morgan fingerprint density at radius 2 is 2.17 bits per heavy atom. The normalized spacial score (nSPS) is 23.3. The second-order valence-electron chi connectivity index (χ2n) is 5.49. The average Bonchev–Trinajstić information content (AvgIpc) is 2.66. The lowest BCUT2D eigenvalue weighted by atomic mass is 9.88. The van der Waals surface area contributed by atoms with Crippen molar-refractivity contribution in [1.29, 1.82) is 0 Å². The van der Waals surface area contributed by atoms with Crippen molar-refractivity contribution in [2.75, 3.05) is 18.5 Å². The fraction of sp³-hybridized carbons (Fsp3) is 0.250. The Morgan fingerprint density at radius 1 is 1.42 bits per heavy atom. The van der Waals surface area contributed by atoms with E-state index in [0.717, 1.165) is 12.2 Å². The SMILES string of the molecule is CN1C(=O)CN=C(C2C=CC(F)=CC2F)c2cc([N+](=O)[O-])ccc21. The number of likely N-dealkylation sites (N-methyl/N-ethyl adjacent to an activating group) is 1. The van der Waals surface area contributed by atoms with E-state index in [1.54, 1.807) is 0 Å². The highest BCUT2D eigenvalue weighted by Crippen LogP contribution is 2.33. The molecule has 0 N–H and O–H groups in total. The van der Waals surface area contributed by atoms with Crippen molar-refractivity contribution in [1.82, 2.24) is 0 Å². The molecule has 0 saturated carbocycles. The molecule has 0 aromatic heterocycles. The van der Waals surface area contributed by atoms with Crippen molar-refractivity contribution in [2.24, 2.45) is 10.9 Å². The maximum Gasteiger partial charge on any atom is 0.270 e. The third-order valence-corrected chi connectivity index (χ3v) is 4.03. The molecule has 2 unspecified atom stereocenters. The summed E-state index contributed by atoms with van der Waals surface area (Å²) in [5, 5.41) is 11.0. The first kappa shape index (κ1) is 16.0. The molecule has 0 saturated heterocycles. The number of nitrogens with zero attached hydrogens (tertiary/aromatic N) is 3. The minimum Gasteiger partial charge on any atom is -0.313 e. The third kappa shape index (κ3) is 2.70. The quantitative estimate of drug-likeness (QED) is 0.617. The summed E-state index contributed by atoms with van der Waals surface area (Å²) in [6, 6.07) is 3.97. The number of amides is 1. The first-order valence-electron chi connectivity index (χ1n) is 7.18. The number of halogens is 2. The van der Waals surface area contributed by atoms with Gasteiger partial charge in [0.1, 0.15) is 18.5 Å². The number of rotatable bonds is 2. The fourth-order valence-electron chi connectivity index (χ4n) is 2.75. The summed E-state index contributed by atoms with van der Waals surface area (Å²) in [4.78, 5) is 28.0. The molecule has 8 heteroatoms. The zero-order chi connectivity index (χ0) is 17.4. The summed E-state index contributed by atoms with van der Waals surface area (Å²) >= 11 is 0. The Labute approximate surface area is 135 Å². The summed E-state index contributed by atoms with van der Waals surface area (Å²) in [6.07, 6.45) is 1.59. The van der Waals surface area contributed by atoms with Crippen molar-refractivity contribution in [3.63, 3.8) is 0 Å². The van der Waals surface area contributed by atoms with Crippen LogP contribution in [0.4, 0.5) is 20.2 Å². The third-order valence-electron chi connectivity index (χ3n) is 4.03. The fourth-order valence-corrected chi connectivity index (χ4v) is 2.75. The second kappa shape index (κ2) is 5.95. The molecule has 1 aromatic rings. The molecule has 124 valence electrons. The van der Waals surface area contributed by atoms with Gasteiger partial charge in [0, 0.05) is 24.7 Å². The van der Waals surface area contributed by atoms with Crippen LogP contribution in [0.3, 0.4) is 0 Å². The van der Waals surface area contributed by atoms with Gasteiger partial charge in [-0.1, -0.05) is 6.08 Å². The van der Waals surface area contributed by atoms with Gasteiger partial charge in [-0.15, -0.1) is 0 Å². The Kier molecular flexibility index (Phi) is 3.96. The molecule has 1 amide bonds. The molecule has 0 bridgehead atoms. The Morgan fingerprint density at radius 3 is 2.83 bits per heavy atom. The topological polar surface area (TPSA) is 75.8 Å². The van der Waals surface area contributed by atoms with Gasteiger partial charge >= 0.3 is 0 Å². The molecule has 6 nitrogen and oxygen atoms in total. The Balaban J connectivity index is 2.15. The maximum absolute atomic E-state index is 14.3. The average molecular weight is 333 g/mol. The van der Waals surface area contributed by atoms with Crippen LogP contribution in [0.5, 0.6) is 0 Å². The number of nitro groups is 1. The van der Waals surface area contributed by atoms with Gasteiger partial charge in [0.2, 0.25) is 5.91 Å². The van der Waals surface area contributed by atoms with E-state index in [1.165, 1.54) is 36.2 Å². The molecular formula is C16H13F2N3O3. The van der Waals surface area contributed by atoms with E-state index in [-0.39, 0.29) is 23.9 Å². The number of allylic oxidation sites excluding steroid dienone is 4. The lowest BCUT2D eigenvalue weighted by molar-refractivity contribution is -0.384. The van der Waals surface area contributed by atoms with Crippen LogP contribution >= 0.6 is 0 Å². The van der Waals surface area contributed by atoms with Gasteiger partial charge in [0.05, 0.1) is 22.2 Å². The van der Waals surface area contributed by atoms with Crippen LogP contribution < -0.4 is 4.90 Å². The van der Waals surface area contributed by atoms with Gasteiger partial charge in [-0.3, -0.25) is 19.9 Å². The minimum absolute atomic E-state index is 0.193. The van der Waals surface area contributed by atoms with Crippen LogP contribution in [0.25, 0.3) is 0 Å². The van der Waals surface area contributed by atoms with Crippen LogP contribution in [-0.2, 0) is 4.79 Å². The minimum atomic E-state index is -1.67. The van der Waals surface area contributed by atoms with Crippen molar-refractivity contribution >= 4 is 23.0 Å². The van der Waals surface area contributed by atoms with E-state index in [1.807, 2.05) is 0 Å². The van der Waals surface area contributed by atoms with Crippen LogP contribution in [0, 0.1) is 16.0 Å². The number of benzodiazepines with no additional fused rings is 1. The van der Waals surface area contributed by atoms with E-state index in [0.29, 0.717) is 11.3 Å². The lowest BCUT2D eigenvalue weighted by Crippen LogP contribution is -2.28. The number of benzene rings is 1. The number of non-ortho nitro benzene ring substituents is 1. The van der Waals surface area contributed by atoms with E-state index >= 15 is 0 Å². The molecule has 1 aromatic carbocycles. The van der Waals surface area contributed by atoms with E-state index in [9.17, 15) is 23.7 Å². The van der Waals surface area contributed by atoms with Crippen LogP contribution in [0.2, 0.25) is 0 Å². The second-order valence-corrected chi connectivity index (χ2v) is 5.49. The first-order valence-corrected chi connectivity index (χ1v) is 7.18. The van der Waals surface area contributed by atoms with Crippen molar-refractivity contribution in [3.05, 3.63) is 57.9 Å². The van der Waals surface area contributed by atoms with E-state index in [2.05, 4.69) is 4.99 Å². The van der Waals surface area contributed by atoms with Gasteiger partial charge in [0.25, 0.3) is 5.69 Å². The summed E-state index contributed by atoms with van der Waals surface area (Å²) in [5.74, 6) is -1.93. The molecule has 1 aliphatic carbocycles. The van der Waals surface area contributed by atoms with E-state index in [4.69, 9.17) is 0 Å². The number of fused-ring (bicyclic) bond motifs is 1. The molecule has 2 aliphatic rings. The van der Waals surface area contributed by atoms with E-state index < -0.39 is 22.8 Å². The summed E-state index contributed by atoms with van der Waals surface area (Å²) in [6.45, 7) is -0.211. The molecule has 0 radical (unpaired) electrons. The zero-order valence-corrected chi connectivity index (χ0v) is 12.6. The molecule has 3 rings (SSSR count). The smallest absolute Gasteiger partial charge is 0.270 e. The highest BCUT2D eigenvalue weighted by molar-refractivity contribution is 6.13. The maximum atomic E-state index is 14.3. The standard InChI is InChI=1S/C16H13F2N3O3/c1-20-14-5-3-10(21(23)24)7-12(14)16(19-8-15(20)22)11-4-2-9(17)6-13(11)18/h2-7,11,13H,8H2,1H3. The summed E-state index contributed by atoms with van der Waals surface area (Å²) < 4.78 is 27.5. The molecule has 1 heterocycles. The predicted molar refractivity (Wildman–Crippen MR) is 84.6 cm³/mol. The van der Waals surface area contributed by atoms with Gasteiger partial charge in [-0.2, -0.15) is 0 Å². The molecule has 2 atom stereocenters. The number of aliphatic imine (C=N–C) groups is 1. The lowest BCUT2D eigenvalue weighted by Gasteiger charge is -2.22. The van der Waals surface area contributed by atoms with Gasteiger partial charge in [-0.25, -0.2) is 8.78 Å². The number of hydrogen-bond donors (Lipinski definition) is 0. The van der Waals surface area contributed by atoms with Crippen LogP contribution in [-0.4, -0.2) is 36.3 Å². The van der Waals surface area contributed by atoms with Gasteiger partial charge in [0.15, 0.2) is 0 Å². The monoisotopic (exact) mass is 333 g/mol. The van der Waals surface area contributed by atoms with Crippen molar-refractivity contribution in [3.8, 4) is 0 Å². The van der Waals surface area contributed by atoms with Crippen LogP contribution in [0.15, 0.2) is 47.2 Å². The molecule has 0 fully saturated rings. The largest absolute Gasteiger partial charge is 0.313 e. The van der Waals surface area contributed by atoms with Gasteiger partial charge < -0.3 is 4.90 Å². The summed E-state index contributed by atoms with van der Waals surface area (Å²) in [7, 11) is 1.52. The highest BCUT2D eigenvalue weighted by Gasteiger charge is 2.32. The number of alkyl halides is 1. The van der Waals surface area contributed by atoms with Gasteiger partial charge in [-0.05, 0) is 18.2 Å². The summed E-state index contributed by atoms with van der Waals surface area (Å²) in [5.41, 5.74) is 0.697. The highest BCUT2D eigenvalue weighted by atomic mass is 19.1. The molecule has 1 aliphatic heterocycles. The number of anilines is 1.